The van der Waals surface area contributed by atoms with Crippen LogP contribution in [0.15, 0.2) is 60.3 Å². The second kappa shape index (κ2) is 7.11. The van der Waals surface area contributed by atoms with E-state index in [1.54, 1.807) is 6.08 Å². The highest BCUT2D eigenvalue weighted by atomic mass is 16.6. The number of carbonyl (C=O) groups is 2. The largest absolute Gasteiger partial charge is 0.433 e. The van der Waals surface area contributed by atoms with Gasteiger partial charge in [-0.25, -0.2) is 4.79 Å². The lowest BCUT2D eigenvalue weighted by Gasteiger charge is -2.08. The molecule has 1 aliphatic rings. The molecule has 136 valence electrons. The van der Waals surface area contributed by atoms with Crippen LogP contribution in [0.25, 0.3) is 17.0 Å². The van der Waals surface area contributed by atoms with Gasteiger partial charge in [-0.2, -0.15) is 0 Å². The molecule has 0 aliphatic carbocycles. The number of fused-ring (bicyclic) bond motifs is 1. The number of hydrogen-bond donors (Lipinski definition) is 2. The summed E-state index contributed by atoms with van der Waals surface area (Å²) >= 11 is 0. The molecule has 1 unspecified atom stereocenters. The van der Waals surface area contributed by atoms with Crippen molar-refractivity contribution in [3.63, 3.8) is 0 Å². The van der Waals surface area contributed by atoms with Crippen LogP contribution in [0.4, 0.5) is 0 Å². The number of aromatic amines is 1. The smallest absolute Gasteiger partial charge is 0.356 e. The molecule has 2 N–H and O–H groups in total. The lowest BCUT2D eigenvalue weighted by atomic mass is 10.0. The van der Waals surface area contributed by atoms with Crippen LogP contribution < -0.4 is 5.32 Å². The van der Waals surface area contributed by atoms with Gasteiger partial charge in [0.25, 0.3) is 0 Å². The summed E-state index contributed by atoms with van der Waals surface area (Å²) in [6.07, 6.45) is 2.41. The minimum Gasteiger partial charge on any atom is -0.433 e. The molecular formula is C22H20N2O3. The summed E-state index contributed by atoms with van der Waals surface area (Å²) in [5.74, 6) is -0.394. The zero-order valence-corrected chi connectivity index (χ0v) is 15.0. The molecule has 5 heteroatoms. The molecule has 5 nitrogen and oxygen atoms in total. The Balaban J connectivity index is 1.75. The number of ether oxygens (including phenoxy) is 1. The van der Waals surface area contributed by atoms with E-state index in [1.807, 2.05) is 61.5 Å². The molecule has 0 saturated carbocycles. The van der Waals surface area contributed by atoms with Crippen molar-refractivity contribution in [2.24, 2.45) is 0 Å². The molecule has 27 heavy (non-hydrogen) atoms. The molecule has 0 spiro atoms. The van der Waals surface area contributed by atoms with Crippen molar-refractivity contribution in [3.8, 4) is 0 Å². The molecule has 1 aliphatic heterocycles. The van der Waals surface area contributed by atoms with Crippen LogP contribution in [-0.2, 0) is 9.53 Å². The van der Waals surface area contributed by atoms with E-state index in [1.165, 1.54) is 0 Å². The summed E-state index contributed by atoms with van der Waals surface area (Å²) in [4.78, 5) is 28.2. The average molecular weight is 360 g/mol. The molecule has 2 aromatic carbocycles. The first kappa shape index (κ1) is 17.1. The maximum absolute atomic E-state index is 12.6. The fourth-order valence-electron chi connectivity index (χ4n) is 3.31. The predicted molar refractivity (Wildman–Crippen MR) is 104 cm³/mol. The van der Waals surface area contributed by atoms with Crippen LogP contribution in [-0.4, -0.2) is 16.7 Å². The van der Waals surface area contributed by atoms with Gasteiger partial charge in [0.1, 0.15) is 5.70 Å². The summed E-state index contributed by atoms with van der Waals surface area (Å²) < 4.78 is 5.46. The highest BCUT2D eigenvalue weighted by Crippen LogP contribution is 2.29. The summed E-state index contributed by atoms with van der Waals surface area (Å²) in [7, 11) is 0. The van der Waals surface area contributed by atoms with Crippen molar-refractivity contribution >= 4 is 28.7 Å². The zero-order valence-electron chi connectivity index (χ0n) is 15.0. The third kappa shape index (κ3) is 3.24. The van der Waals surface area contributed by atoms with Crippen molar-refractivity contribution in [1.29, 1.82) is 0 Å². The minimum absolute atomic E-state index is 0.0338. The molecule has 4 rings (SSSR count). The normalized spacial score (nSPS) is 17.9. The van der Waals surface area contributed by atoms with Crippen molar-refractivity contribution in [2.75, 3.05) is 0 Å². The topological polar surface area (TPSA) is 71.2 Å². The highest BCUT2D eigenvalue weighted by Gasteiger charge is 2.30. The average Bonchev–Trinajstić information content (AvgIpc) is 3.24. The van der Waals surface area contributed by atoms with Crippen LogP contribution in [0, 0.1) is 0 Å². The Morgan fingerprint density at radius 2 is 1.85 bits per heavy atom. The first-order chi connectivity index (χ1) is 13.2. The van der Waals surface area contributed by atoms with Crippen LogP contribution in [0.5, 0.6) is 0 Å². The third-order valence-corrected chi connectivity index (χ3v) is 4.62. The third-order valence-electron chi connectivity index (χ3n) is 4.62. The van der Waals surface area contributed by atoms with Gasteiger partial charge in [0.05, 0.1) is 5.69 Å². The van der Waals surface area contributed by atoms with Crippen LogP contribution >= 0.6 is 0 Å². The van der Waals surface area contributed by atoms with Crippen molar-refractivity contribution in [2.45, 2.75) is 26.0 Å². The monoisotopic (exact) mass is 360 g/mol. The van der Waals surface area contributed by atoms with Gasteiger partial charge >= 0.3 is 5.97 Å². The molecule has 1 fully saturated rings. The van der Waals surface area contributed by atoms with Gasteiger partial charge in [-0.1, -0.05) is 55.5 Å². The Labute approximate surface area is 157 Å². The second-order valence-corrected chi connectivity index (χ2v) is 6.53. The molecule has 0 bridgehead atoms. The Kier molecular flexibility index (Phi) is 4.50. The number of carbonyl (C=O) groups excluding carboxylic acids is 2. The maximum Gasteiger partial charge on any atom is 0.356 e. The van der Waals surface area contributed by atoms with Gasteiger partial charge in [-0.05, 0) is 18.6 Å². The standard InChI is InChI=1S/C22H20N2O3/c1-2-8-19(25)20-16(15-11-6-7-12-17(15)23-20)13-18-22(26)27-21(24-18)14-9-4-3-5-10-14/h3-7,9-13,21,23-24H,2,8H2,1H3. The van der Waals surface area contributed by atoms with E-state index in [0.29, 0.717) is 17.8 Å². The number of cyclic esters (lactones) is 1. The lowest BCUT2D eigenvalue weighted by Crippen LogP contribution is -2.13. The van der Waals surface area contributed by atoms with Crippen LogP contribution in [0.3, 0.4) is 0 Å². The van der Waals surface area contributed by atoms with E-state index >= 15 is 0 Å². The van der Waals surface area contributed by atoms with Gasteiger partial charge in [0, 0.05) is 28.5 Å². The van der Waals surface area contributed by atoms with Crippen LogP contribution in [0.2, 0.25) is 0 Å². The number of H-pyrrole nitrogens is 1. The van der Waals surface area contributed by atoms with Crippen molar-refractivity contribution < 1.29 is 14.3 Å². The van der Waals surface area contributed by atoms with Gasteiger partial charge in [0.15, 0.2) is 12.0 Å². The number of aromatic nitrogens is 1. The molecule has 1 saturated heterocycles. The molecule has 3 aromatic rings. The summed E-state index contributed by atoms with van der Waals surface area (Å²) in [6.45, 7) is 1.97. The van der Waals surface area contributed by atoms with Crippen molar-refractivity contribution in [1.82, 2.24) is 10.3 Å². The first-order valence-corrected chi connectivity index (χ1v) is 9.05. The van der Waals surface area contributed by atoms with E-state index in [4.69, 9.17) is 4.74 Å². The lowest BCUT2D eigenvalue weighted by molar-refractivity contribution is -0.139. The number of para-hydroxylation sites is 1. The molecule has 1 aromatic heterocycles. The predicted octanol–water partition coefficient (Wildman–Crippen LogP) is 4.34. The fourth-order valence-corrected chi connectivity index (χ4v) is 3.31. The number of rotatable bonds is 5. The number of hydrogen-bond acceptors (Lipinski definition) is 4. The van der Waals surface area contributed by atoms with Gasteiger partial charge < -0.3 is 15.0 Å². The molecule has 0 amide bonds. The molecule has 0 radical (unpaired) electrons. The van der Waals surface area contributed by atoms with Crippen molar-refractivity contribution in [3.05, 3.63) is 77.1 Å². The molecule has 2 heterocycles. The summed E-state index contributed by atoms with van der Waals surface area (Å²) in [5, 5.41) is 4.03. The second-order valence-electron chi connectivity index (χ2n) is 6.53. The van der Waals surface area contributed by atoms with E-state index < -0.39 is 12.2 Å². The molecular weight excluding hydrogens is 340 g/mol. The Hall–Kier alpha value is -3.34. The van der Waals surface area contributed by atoms with Gasteiger partial charge in [-0.3, -0.25) is 4.79 Å². The number of Topliss-reactive ketones (excluding diaryl/α,β-unsaturated/α-hetero) is 1. The Morgan fingerprint density at radius 1 is 1.11 bits per heavy atom. The quantitative estimate of drug-likeness (QED) is 0.403. The Morgan fingerprint density at radius 3 is 2.63 bits per heavy atom. The van der Waals surface area contributed by atoms with E-state index in [-0.39, 0.29) is 5.78 Å². The van der Waals surface area contributed by atoms with Crippen LogP contribution in [0.1, 0.15) is 47.6 Å². The first-order valence-electron chi connectivity index (χ1n) is 9.05. The summed E-state index contributed by atoms with van der Waals surface area (Å²) in [5.41, 5.74) is 3.34. The minimum atomic E-state index is -0.523. The van der Waals surface area contributed by atoms with E-state index in [9.17, 15) is 9.59 Å². The van der Waals surface area contributed by atoms with Gasteiger partial charge in [0.2, 0.25) is 0 Å². The van der Waals surface area contributed by atoms with E-state index in [2.05, 4.69) is 10.3 Å². The van der Waals surface area contributed by atoms with E-state index in [0.717, 1.165) is 28.5 Å². The molecule has 1 atom stereocenters. The summed E-state index contributed by atoms with van der Waals surface area (Å²) in [6, 6.07) is 17.2. The maximum atomic E-state index is 12.6. The fraction of sp³-hybridized carbons (Fsp3) is 0.182. The highest BCUT2D eigenvalue weighted by molar-refractivity contribution is 6.08. The Bertz CT molecular complexity index is 1030. The SMILES string of the molecule is CCCC(=O)c1[nH]c2ccccc2c1C=C1NC(c2ccccc2)OC1=O. The zero-order chi connectivity index (χ0) is 18.8. The number of ketones is 1. The number of esters is 1. The number of nitrogens with one attached hydrogen (secondary N) is 2. The number of benzene rings is 2. The van der Waals surface area contributed by atoms with Gasteiger partial charge in [-0.15, -0.1) is 0 Å².